The first kappa shape index (κ1) is 13.0. The van der Waals surface area contributed by atoms with Crippen molar-refractivity contribution in [2.45, 2.75) is 30.2 Å². The van der Waals surface area contributed by atoms with Gasteiger partial charge in [0.2, 0.25) is 5.91 Å². The van der Waals surface area contributed by atoms with Crippen molar-refractivity contribution in [1.29, 1.82) is 0 Å². The average Bonchev–Trinajstić information content (AvgIpc) is 3.12. The predicted molar refractivity (Wildman–Crippen MR) is 71.8 cm³/mol. The van der Waals surface area contributed by atoms with Crippen LogP contribution in [0.15, 0.2) is 29.2 Å². The molecule has 2 N–H and O–H groups in total. The molecule has 0 bridgehead atoms. The third kappa shape index (κ3) is 4.07. The van der Waals surface area contributed by atoms with E-state index in [0.717, 1.165) is 17.7 Å². The number of carbonyl (C=O) groups excluding carboxylic acids is 2. The average molecular weight is 264 g/mol. The molecule has 0 aromatic heterocycles. The molecular weight excluding hydrogens is 248 g/mol. The third-order valence-corrected chi connectivity index (χ3v) is 2.97. The second-order valence-electron chi connectivity index (χ2n) is 4.40. The van der Waals surface area contributed by atoms with Crippen LogP contribution in [0.3, 0.4) is 0 Å². The third-order valence-electron chi connectivity index (χ3n) is 2.69. The van der Waals surface area contributed by atoms with Gasteiger partial charge in [-0.3, -0.25) is 9.59 Å². The highest BCUT2D eigenvalue weighted by Crippen LogP contribution is 2.18. The van der Waals surface area contributed by atoms with Crippen molar-refractivity contribution in [3.63, 3.8) is 0 Å². The lowest BCUT2D eigenvalue weighted by Crippen LogP contribution is -2.31. The van der Waals surface area contributed by atoms with Crippen LogP contribution in [0, 0.1) is 0 Å². The topological polar surface area (TPSA) is 58.2 Å². The van der Waals surface area contributed by atoms with Gasteiger partial charge in [0.25, 0.3) is 5.91 Å². The molecule has 2 amide bonds. The fraction of sp³-hybridized carbons (Fsp3) is 0.385. The minimum Gasteiger partial charge on any atom is -0.353 e. The lowest BCUT2D eigenvalue weighted by molar-refractivity contribution is -0.121. The molecule has 0 unspecified atom stereocenters. The molecule has 0 aliphatic heterocycles. The van der Waals surface area contributed by atoms with E-state index < -0.39 is 0 Å². The van der Waals surface area contributed by atoms with Crippen molar-refractivity contribution in [3.8, 4) is 0 Å². The molecule has 1 saturated carbocycles. The largest absolute Gasteiger partial charge is 0.353 e. The Labute approximate surface area is 112 Å². The van der Waals surface area contributed by atoms with E-state index in [2.05, 4.69) is 23.3 Å². The van der Waals surface area contributed by atoms with E-state index in [1.54, 1.807) is 18.2 Å². The quantitative estimate of drug-likeness (QED) is 0.704. The Hall–Kier alpha value is -1.49. The summed E-state index contributed by atoms with van der Waals surface area (Å²) in [6.45, 7) is 0.355. The summed E-state index contributed by atoms with van der Waals surface area (Å²) < 4.78 is 0. The number of amides is 2. The molecule has 2 rings (SSSR count). The van der Waals surface area contributed by atoms with E-state index in [0.29, 0.717) is 24.6 Å². The first-order valence-corrected chi connectivity index (χ1v) is 6.46. The summed E-state index contributed by atoms with van der Waals surface area (Å²) in [6.07, 6.45) is 2.47. The van der Waals surface area contributed by atoms with Crippen LogP contribution in [0.2, 0.25) is 0 Å². The summed E-state index contributed by atoms with van der Waals surface area (Å²) in [7, 11) is 0. The van der Waals surface area contributed by atoms with Gasteiger partial charge in [-0.2, -0.15) is 0 Å². The summed E-state index contributed by atoms with van der Waals surface area (Å²) >= 11 is 4.17. The highest BCUT2D eigenvalue weighted by Gasteiger charge is 2.22. The maximum absolute atomic E-state index is 11.7. The molecule has 1 aromatic rings. The van der Waals surface area contributed by atoms with Crippen LogP contribution in [0.25, 0.3) is 0 Å². The number of nitrogens with one attached hydrogen (secondary N) is 2. The smallest absolute Gasteiger partial charge is 0.251 e. The van der Waals surface area contributed by atoms with Crippen LogP contribution < -0.4 is 10.6 Å². The van der Waals surface area contributed by atoms with Crippen molar-refractivity contribution in [2.24, 2.45) is 0 Å². The molecule has 4 nitrogen and oxygen atoms in total. The number of thiol groups is 1. The molecule has 1 aromatic carbocycles. The van der Waals surface area contributed by atoms with Crippen LogP contribution in [0.1, 0.15) is 29.6 Å². The van der Waals surface area contributed by atoms with E-state index >= 15 is 0 Å². The van der Waals surface area contributed by atoms with Gasteiger partial charge in [0.05, 0.1) is 0 Å². The summed E-state index contributed by atoms with van der Waals surface area (Å²) in [5, 5.41) is 5.59. The molecule has 0 heterocycles. The van der Waals surface area contributed by atoms with Crippen LogP contribution in [-0.4, -0.2) is 24.4 Å². The second kappa shape index (κ2) is 5.91. The summed E-state index contributed by atoms with van der Waals surface area (Å²) in [5.74, 6) is -0.175. The zero-order valence-corrected chi connectivity index (χ0v) is 10.9. The standard InChI is InChI=1S/C13H16N2O2S/c16-12(15-10-4-5-10)6-7-14-13(17)9-2-1-3-11(18)8-9/h1-3,8,10,18H,4-7H2,(H,14,17)(H,15,16). The molecule has 18 heavy (non-hydrogen) atoms. The minimum atomic E-state index is -0.176. The lowest BCUT2D eigenvalue weighted by atomic mass is 10.2. The van der Waals surface area contributed by atoms with Crippen molar-refractivity contribution in [1.82, 2.24) is 10.6 Å². The molecule has 0 radical (unpaired) electrons. The fourth-order valence-electron chi connectivity index (χ4n) is 1.57. The van der Waals surface area contributed by atoms with Crippen molar-refractivity contribution < 1.29 is 9.59 Å². The van der Waals surface area contributed by atoms with Gasteiger partial charge < -0.3 is 10.6 Å². The number of carbonyl (C=O) groups is 2. The minimum absolute atomic E-state index is 0.000691. The molecule has 0 saturated heterocycles. The number of hydrogen-bond donors (Lipinski definition) is 3. The van der Waals surface area contributed by atoms with E-state index in [1.165, 1.54) is 0 Å². The van der Waals surface area contributed by atoms with Gasteiger partial charge in [-0.05, 0) is 31.0 Å². The van der Waals surface area contributed by atoms with Crippen molar-refractivity contribution in [3.05, 3.63) is 29.8 Å². The van der Waals surface area contributed by atoms with E-state index in [4.69, 9.17) is 0 Å². The number of rotatable bonds is 5. The Morgan fingerprint density at radius 1 is 1.33 bits per heavy atom. The van der Waals surface area contributed by atoms with Crippen LogP contribution in [0.5, 0.6) is 0 Å². The molecule has 1 aliphatic rings. The number of hydrogen-bond acceptors (Lipinski definition) is 3. The highest BCUT2D eigenvalue weighted by atomic mass is 32.1. The Morgan fingerprint density at radius 2 is 2.11 bits per heavy atom. The molecular formula is C13H16N2O2S. The van der Waals surface area contributed by atoms with Crippen molar-refractivity contribution >= 4 is 24.4 Å². The van der Waals surface area contributed by atoms with Crippen LogP contribution in [-0.2, 0) is 4.79 Å². The summed E-state index contributed by atoms with van der Waals surface area (Å²) in [5.41, 5.74) is 0.560. The SMILES string of the molecule is O=C(CCNC(=O)c1cccc(S)c1)NC1CC1. The van der Waals surface area contributed by atoms with Crippen molar-refractivity contribution in [2.75, 3.05) is 6.54 Å². The van der Waals surface area contributed by atoms with E-state index in [1.807, 2.05) is 6.07 Å². The van der Waals surface area contributed by atoms with Gasteiger partial charge >= 0.3 is 0 Å². The fourth-order valence-corrected chi connectivity index (χ4v) is 1.79. The van der Waals surface area contributed by atoms with Gasteiger partial charge in [0.15, 0.2) is 0 Å². The monoisotopic (exact) mass is 264 g/mol. The van der Waals surface area contributed by atoms with Gasteiger partial charge in [-0.1, -0.05) is 6.07 Å². The zero-order chi connectivity index (χ0) is 13.0. The molecule has 0 atom stereocenters. The first-order valence-electron chi connectivity index (χ1n) is 6.02. The summed E-state index contributed by atoms with van der Waals surface area (Å²) in [6, 6.07) is 7.37. The first-order chi connectivity index (χ1) is 8.65. The zero-order valence-electron chi connectivity index (χ0n) is 9.98. The van der Waals surface area contributed by atoms with Gasteiger partial charge in [-0.25, -0.2) is 0 Å². The molecule has 0 spiro atoms. The normalized spacial score (nSPS) is 14.1. The highest BCUT2D eigenvalue weighted by molar-refractivity contribution is 7.80. The van der Waals surface area contributed by atoms with Gasteiger partial charge in [0.1, 0.15) is 0 Å². The molecule has 5 heteroatoms. The summed E-state index contributed by atoms with van der Waals surface area (Å²) in [4.78, 5) is 23.9. The molecule has 96 valence electrons. The van der Waals surface area contributed by atoms with Crippen LogP contribution >= 0.6 is 12.6 Å². The van der Waals surface area contributed by atoms with Gasteiger partial charge in [-0.15, -0.1) is 12.6 Å². The van der Waals surface area contributed by atoms with E-state index in [-0.39, 0.29) is 11.8 Å². The van der Waals surface area contributed by atoms with E-state index in [9.17, 15) is 9.59 Å². The van der Waals surface area contributed by atoms with Crippen LogP contribution in [0.4, 0.5) is 0 Å². The number of benzene rings is 1. The maximum Gasteiger partial charge on any atom is 0.251 e. The predicted octanol–water partition coefficient (Wildman–Crippen LogP) is 1.37. The van der Waals surface area contributed by atoms with Gasteiger partial charge in [0, 0.05) is 29.5 Å². The Bertz CT molecular complexity index is 458. The maximum atomic E-state index is 11.7. The lowest BCUT2D eigenvalue weighted by Gasteiger charge is -2.06. The molecule has 1 aliphatic carbocycles. The molecule has 1 fully saturated rings. The Kier molecular flexibility index (Phi) is 4.25. The second-order valence-corrected chi connectivity index (χ2v) is 4.91. The Morgan fingerprint density at radius 3 is 2.78 bits per heavy atom. The Balaban J connectivity index is 1.72.